The molecule has 2 aliphatic rings. The van der Waals surface area contributed by atoms with Gasteiger partial charge in [-0.1, -0.05) is 18.2 Å². The number of anilines is 1. The summed E-state index contributed by atoms with van der Waals surface area (Å²) in [6, 6.07) is 14.7. The van der Waals surface area contributed by atoms with Crippen molar-refractivity contribution in [2.24, 2.45) is 0 Å². The molecule has 1 saturated heterocycles. The Bertz CT molecular complexity index is 697. The van der Waals surface area contributed by atoms with E-state index in [0.29, 0.717) is 0 Å². The molecular formula is C19H22N2O3. The summed E-state index contributed by atoms with van der Waals surface area (Å²) in [6.45, 7) is 5.36. The molecule has 2 aromatic carbocycles. The van der Waals surface area contributed by atoms with Crippen molar-refractivity contribution in [2.75, 3.05) is 45.0 Å². The lowest BCUT2D eigenvalue weighted by atomic mass is 10.1. The summed E-state index contributed by atoms with van der Waals surface area (Å²) < 4.78 is 16.4. The summed E-state index contributed by atoms with van der Waals surface area (Å²) >= 11 is 0. The van der Waals surface area contributed by atoms with E-state index in [9.17, 15) is 0 Å². The average Bonchev–Trinajstić information content (AvgIpc) is 3.11. The molecule has 0 unspecified atom stereocenters. The third-order valence-electron chi connectivity index (χ3n) is 4.62. The van der Waals surface area contributed by atoms with Gasteiger partial charge in [0.1, 0.15) is 0 Å². The summed E-state index contributed by atoms with van der Waals surface area (Å²) in [7, 11) is 1.67. The topological polar surface area (TPSA) is 34.2 Å². The van der Waals surface area contributed by atoms with Crippen LogP contribution in [0.25, 0.3) is 0 Å². The fourth-order valence-corrected chi connectivity index (χ4v) is 3.34. The summed E-state index contributed by atoms with van der Waals surface area (Å²) in [4.78, 5) is 4.91. The molecule has 4 rings (SSSR count). The fraction of sp³-hybridized carbons (Fsp3) is 0.368. The molecule has 0 aliphatic carbocycles. The Kier molecular flexibility index (Phi) is 4.17. The molecule has 24 heavy (non-hydrogen) atoms. The lowest BCUT2D eigenvalue weighted by Crippen LogP contribution is -2.45. The zero-order chi connectivity index (χ0) is 16.4. The van der Waals surface area contributed by atoms with Gasteiger partial charge < -0.3 is 19.1 Å². The SMILES string of the molecule is COc1cc(CN2CCN(c3ccccc3)CC2)cc2c1OCO2. The normalized spacial score (nSPS) is 17.1. The Balaban J connectivity index is 1.41. The van der Waals surface area contributed by atoms with E-state index in [2.05, 4.69) is 52.3 Å². The van der Waals surface area contributed by atoms with Crippen molar-refractivity contribution in [3.8, 4) is 17.2 Å². The molecule has 126 valence electrons. The molecule has 2 aliphatic heterocycles. The van der Waals surface area contributed by atoms with Crippen molar-refractivity contribution in [3.05, 3.63) is 48.0 Å². The van der Waals surface area contributed by atoms with E-state index in [4.69, 9.17) is 14.2 Å². The number of ether oxygens (including phenoxy) is 3. The van der Waals surface area contributed by atoms with Gasteiger partial charge in [-0.2, -0.15) is 0 Å². The Hall–Kier alpha value is -2.40. The number of piperazine rings is 1. The van der Waals surface area contributed by atoms with Crippen molar-refractivity contribution in [2.45, 2.75) is 6.54 Å². The van der Waals surface area contributed by atoms with Crippen molar-refractivity contribution in [1.29, 1.82) is 0 Å². The van der Waals surface area contributed by atoms with Crippen LogP contribution in [0.2, 0.25) is 0 Å². The highest BCUT2D eigenvalue weighted by atomic mass is 16.7. The molecule has 0 atom stereocenters. The zero-order valence-electron chi connectivity index (χ0n) is 13.9. The Morgan fingerprint density at radius 2 is 1.79 bits per heavy atom. The van der Waals surface area contributed by atoms with Crippen LogP contribution in [0.3, 0.4) is 0 Å². The fourth-order valence-electron chi connectivity index (χ4n) is 3.34. The number of para-hydroxylation sites is 1. The van der Waals surface area contributed by atoms with Gasteiger partial charge in [0.15, 0.2) is 11.5 Å². The third kappa shape index (κ3) is 2.99. The van der Waals surface area contributed by atoms with Crippen LogP contribution < -0.4 is 19.1 Å². The highest BCUT2D eigenvalue weighted by Gasteiger charge is 2.22. The van der Waals surface area contributed by atoms with E-state index in [0.717, 1.165) is 50.0 Å². The van der Waals surface area contributed by atoms with Gasteiger partial charge >= 0.3 is 0 Å². The maximum absolute atomic E-state index is 5.52. The molecule has 2 aromatic rings. The maximum Gasteiger partial charge on any atom is 0.231 e. The number of fused-ring (bicyclic) bond motifs is 1. The van der Waals surface area contributed by atoms with Crippen LogP contribution in [0.15, 0.2) is 42.5 Å². The Morgan fingerprint density at radius 1 is 1.00 bits per heavy atom. The second-order valence-electron chi connectivity index (χ2n) is 6.13. The van der Waals surface area contributed by atoms with Crippen molar-refractivity contribution >= 4 is 5.69 Å². The van der Waals surface area contributed by atoms with E-state index in [1.54, 1.807) is 7.11 Å². The predicted molar refractivity (Wildman–Crippen MR) is 93.0 cm³/mol. The molecule has 0 saturated carbocycles. The number of hydrogen-bond donors (Lipinski definition) is 0. The Labute approximate surface area is 142 Å². The molecule has 0 N–H and O–H groups in total. The van der Waals surface area contributed by atoms with Crippen LogP contribution in [0, 0.1) is 0 Å². The molecular weight excluding hydrogens is 304 g/mol. The van der Waals surface area contributed by atoms with Crippen molar-refractivity contribution < 1.29 is 14.2 Å². The highest BCUT2D eigenvalue weighted by molar-refractivity contribution is 5.55. The second-order valence-corrected chi connectivity index (χ2v) is 6.13. The molecule has 0 amide bonds. The van der Waals surface area contributed by atoms with Gasteiger partial charge in [0.2, 0.25) is 12.5 Å². The quantitative estimate of drug-likeness (QED) is 0.863. The number of benzene rings is 2. The number of nitrogens with zero attached hydrogens (tertiary/aromatic N) is 2. The van der Waals surface area contributed by atoms with Crippen molar-refractivity contribution in [3.63, 3.8) is 0 Å². The van der Waals surface area contributed by atoms with Crippen LogP contribution in [-0.2, 0) is 6.54 Å². The van der Waals surface area contributed by atoms with Gasteiger partial charge in [-0.15, -0.1) is 0 Å². The van der Waals surface area contributed by atoms with E-state index >= 15 is 0 Å². The molecule has 0 bridgehead atoms. The van der Waals surface area contributed by atoms with Gasteiger partial charge in [0.05, 0.1) is 7.11 Å². The van der Waals surface area contributed by atoms with E-state index in [1.807, 2.05) is 0 Å². The highest BCUT2D eigenvalue weighted by Crippen LogP contribution is 2.42. The predicted octanol–water partition coefficient (Wildman–Crippen LogP) is 2.75. The standard InChI is InChI=1S/C19H22N2O3/c1-22-17-11-15(12-18-19(17)24-14-23-18)13-20-7-9-21(10-8-20)16-5-3-2-4-6-16/h2-6,11-12H,7-10,13-14H2,1H3. The first-order valence-corrected chi connectivity index (χ1v) is 8.32. The van der Waals surface area contributed by atoms with E-state index in [1.165, 1.54) is 11.3 Å². The molecule has 0 radical (unpaired) electrons. The van der Waals surface area contributed by atoms with Crippen LogP contribution in [0.5, 0.6) is 17.2 Å². The number of rotatable bonds is 4. The lowest BCUT2D eigenvalue weighted by Gasteiger charge is -2.36. The first-order chi connectivity index (χ1) is 11.8. The van der Waals surface area contributed by atoms with E-state index in [-0.39, 0.29) is 6.79 Å². The van der Waals surface area contributed by atoms with Crippen LogP contribution in [-0.4, -0.2) is 45.0 Å². The monoisotopic (exact) mass is 326 g/mol. The summed E-state index contributed by atoms with van der Waals surface area (Å²) in [6.07, 6.45) is 0. The second kappa shape index (κ2) is 6.61. The van der Waals surface area contributed by atoms with Gasteiger partial charge in [-0.25, -0.2) is 0 Å². The lowest BCUT2D eigenvalue weighted by molar-refractivity contribution is 0.171. The van der Waals surface area contributed by atoms with Crippen LogP contribution >= 0.6 is 0 Å². The largest absolute Gasteiger partial charge is 0.493 e. The van der Waals surface area contributed by atoms with E-state index < -0.39 is 0 Å². The summed E-state index contributed by atoms with van der Waals surface area (Å²) in [5.74, 6) is 2.25. The van der Waals surface area contributed by atoms with Crippen molar-refractivity contribution in [1.82, 2.24) is 4.90 Å². The minimum atomic E-state index is 0.269. The zero-order valence-corrected chi connectivity index (χ0v) is 13.9. The Morgan fingerprint density at radius 3 is 2.54 bits per heavy atom. The summed E-state index contributed by atoms with van der Waals surface area (Å²) in [5, 5.41) is 0. The summed E-state index contributed by atoms with van der Waals surface area (Å²) in [5.41, 5.74) is 2.51. The number of hydrogen-bond acceptors (Lipinski definition) is 5. The third-order valence-corrected chi connectivity index (χ3v) is 4.62. The first-order valence-electron chi connectivity index (χ1n) is 8.32. The molecule has 5 nitrogen and oxygen atoms in total. The molecule has 0 spiro atoms. The van der Waals surface area contributed by atoms with Crippen LogP contribution in [0.1, 0.15) is 5.56 Å². The molecule has 2 heterocycles. The van der Waals surface area contributed by atoms with Gasteiger partial charge in [0, 0.05) is 38.4 Å². The smallest absolute Gasteiger partial charge is 0.231 e. The minimum absolute atomic E-state index is 0.269. The minimum Gasteiger partial charge on any atom is -0.493 e. The first kappa shape index (κ1) is 15.1. The molecule has 5 heteroatoms. The molecule has 1 fully saturated rings. The van der Waals surface area contributed by atoms with Crippen LogP contribution in [0.4, 0.5) is 5.69 Å². The number of methoxy groups -OCH3 is 1. The maximum atomic E-state index is 5.52. The van der Waals surface area contributed by atoms with Gasteiger partial charge in [-0.05, 0) is 29.8 Å². The molecule has 0 aromatic heterocycles. The average molecular weight is 326 g/mol. The van der Waals surface area contributed by atoms with Gasteiger partial charge in [0.25, 0.3) is 0 Å². The van der Waals surface area contributed by atoms with Gasteiger partial charge in [-0.3, -0.25) is 4.90 Å².